The lowest BCUT2D eigenvalue weighted by atomic mass is 10.0. The first-order chi connectivity index (χ1) is 12.3. The van der Waals surface area contributed by atoms with Gasteiger partial charge in [0.25, 0.3) is 5.91 Å². The molecule has 0 aliphatic heterocycles. The lowest BCUT2D eigenvalue weighted by molar-refractivity contribution is -0.182. The monoisotopic (exact) mass is 365 g/mol. The van der Waals surface area contributed by atoms with Crippen LogP contribution in [-0.2, 0) is 9.53 Å². The van der Waals surface area contributed by atoms with E-state index in [9.17, 15) is 22.8 Å². The first-order valence-corrected chi connectivity index (χ1v) is 7.84. The third-order valence-electron chi connectivity index (χ3n) is 3.96. The highest BCUT2D eigenvalue weighted by Gasteiger charge is 2.47. The highest BCUT2D eigenvalue weighted by molar-refractivity contribution is 5.97. The second kappa shape index (κ2) is 8.03. The normalized spacial score (nSPS) is 13.6. The average molecular weight is 365 g/mol. The van der Waals surface area contributed by atoms with Gasteiger partial charge in [-0.2, -0.15) is 13.2 Å². The van der Waals surface area contributed by atoms with Crippen molar-refractivity contribution in [3.8, 4) is 0 Å². The number of hydrogen-bond acceptors (Lipinski definition) is 3. The number of alkyl halides is 3. The highest BCUT2D eigenvalue weighted by atomic mass is 19.4. The summed E-state index contributed by atoms with van der Waals surface area (Å²) in [7, 11) is 1.07. The Balaban J connectivity index is 2.59. The number of methoxy groups -OCH3 is 1. The zero-order chi connectivity index (χ0) is 19.3. The van der Waals surface area contributed by atoms with Gasteiger partial charge in [-0.3, -0.25) is 4.79 Å². The molecule has 0 aliphatic rings. The van der Waals surface area contributed by atoms with Crippen LogP contribution in [0.5, 0.6) is 0 Å². The zero-order valence-corrected chi connectivity index (χ0v) is 14.2. The lowest BCUT2D eigenvalue weighted by Crippen LogP contribution is -2.51. The summed E-state index contributed by atoms with van der Waals surface area (Å²) < 4.78 is 45.1. The predicted molar refractivity (Wildman–Crippen MR) is 89.3 cm³/mol. The second-order valence-corrected chi connectivity index (χ2v) is 5.63. The smallest absolute Gasteiger partial charge is 0.408 e. The molecule has 0 saturated heterocycles. The molecule has 7 heteroatoms. The Kier molecular flexibility index (Phi) is 6.02. The Labute approximate surface area is 149 Å². The number of nitrogens with zero attached hydrogens (tertiary/aromatic N) is 1. The maximum absolute atomic E-state index is 13.5. The van der Waals surface area contributed by atoms with Crippen molar-refractivity contribution >= 4 is 11.9 Å². The number of carbonyl (C=O) groups excluding carboxylic acids is 2. The molecule has 138 valence electrons. The van der Waals surface area contributed by atoms with Gasteiger partial charge in [-0.25, -0.2) is 4.79 Å². The first kappa shape index (κ1) is 19.5. The van der Waals surface area contributed by atoms with Crippen LogP contribution >= 0.6 is 0 Å². The van der Waals surface area contributed by atoms with E-state index >= 15 is 0 Å². The molecule has 0 unspecified atom stereocenters. The molecule has 0 aliphatic carbocycles. The minimum absolute atomic E-state index is 0.0495. The Morgan fingerprint density at radius 3 is 1.92 bits per heavy atom. The van der Waals surface area contributed by atoms with Gasteiger partial charge in [0.15, 0.2) is 6.04 Å². The maximum Gasteiger partial charge on any atom is 0.408 e. The Morgan fingerprint density at radius 2 is 1.46 bits per heavy atom. The van der Waals surface area contributed by atoms with Crippen molar-refractivity contribution in [2.45, 2.75) is 25.2 Å². The molecule has 0 fully saturated rings. The highest BCUT2D eigenvalue weighted by Crippen LogP contribution is 2.33. The number of amides is 1. The van der Waals surface area contributed by atoms with Crippen LogP contribution in [0.2, 0.25) is 0 Å². The zero-order valence-electron chi connectivity index (χ0n) is 14.2. The lowest BCUT2D eigenvalue weighted by Gasteiger charge is -2.36. The van der Waals surface area contributed by atoms with Crippen LogP contribution in [-0.4, -0.2) is 36.1 Å². The van der Waals surface area contributed by atoms with E-state index in [1.165, 1.54) is 24.3 Å². The Hall–Kier alpha value is -2.83. The number of carbonyl (C=O) groups is 2. The first-order valence-electron chi connectivity index (χ1n) is 7.84. The standard InChI is InChI=1S/C19H18F3NO3/c1-13(19(20,21)22)23(17(24)15-11-7-4-8-12-15)16(18(25)26-2)14-9-5-3-6-10-14/h3-13,16H,1-2H3/t13-,16-/m1/s1. The van der Waals surface area contributed by atoms with Gasteiger partial charge in [-0.05, 0) is 24.6 Å². The number of ether oxygens (including phenoxy) is 1. The van der Waals surface area contributed by atoms with E-state index in [-0.39, 0.29) is 11.1 Å². The number of hydrogen-bond donors (Lipinski definition) is 0. The van der Waals surface area contributed by atoms with E-state index in [2.05, 4.69) is 0 Å². The van der Waals surface area contributed by atoms with Crippen molar-refractivity contribution in [2.75, 3.05) is 7.11 Å². The quantitative estimate of drug-likeness (QED) is 0.753. The second-order valence-electron chi connectivity index (χ2n) is 5.63. The molecule has 1 amide bonds. The Bertz CT molecular complexity index is 748. The number of benzene rings is 2. The molecular weight excluding hydrogens is 347 g/mol. The van der Waals surface area contributed by atoms with Crippen LogP contribution in [0.1, 0.15) is 28.9 Å². The Morgan fingerprint density at radius 1 is 0.962 bits per heavy atom. The van der Waals surface area contributed by atoms with E-state index < -0.39 is 30.1 Å². The van der Waals surface area contributed by atoms with Crippen molar-refractivity contribution in [1.29, 1.82) is 0 Å². The minimum atomic E-state index is -4.72. The molecule has 2 atom stereocenters. The van der Waals surface area contributed by atoms with Crippen LogP contribution in [0.15, 0.2) is 60.7 Å². The predicted octanol–water partition coefficient (Wildman–Crippen LogP) is 3.99. The van der Waals surface area contributed by atoms with E-state index in [0.29, 0.717) is 4.90 Å². The summed E-state index contributed by atoms with van der Waals surface area (Å²) in [6, 6.07) is 11.6. The molecule has 0 radical (unpaired) electrons. The van der Waals surface area contributed by atoms with Crippen LogP contribution in [0.4, 0.5) is 13.2 Å². The fraction of sp³-hybridized carbons (Fsp3) is 0.263. The summed E-state index contributed by atoms with van der Waals surface area (Å²) in [6.07, 6.45) is -4.72. The molecule has 2 aromatic carbocycles. The summed E-state index contributed by atoms with van der Waals surface area (Å²) in [5.74, 6) is -1.86. The van der Waals surface area contributed by atoms with Gasteiger partial charge in [0, 0.05) is 5.56 Å². The summed E-state index contributed by atoms with van der Waals surface area (Å²) in [6.45, 7) is 0.847. The van der Waals surface area contributed by atoms with Crippen molar-refractivity contribution in [1.82, 2.24) is 4.90 Å². The molecule has 0 N–H and O–H groups in total. The van der Waals surface area contributed by atoms with Gasteiger partial charge in [-0.1, -0.05) is 48.5 Å². The van der Waals surface area contributed by atoms with Crippen molar-refractivity contribution in [2.24, 2.45) is 0 Å². The largest absolute Gasteiger partial charge is 0.467 e. The molecular formula is C19H18F3NO3. The van der Waals surface area contributed by atoms with Crippen molar-refractivity contribution in [3.05, 3.63) is 71.8 Å². The summed E-state index contributed by atoms with van der Waals surface area (Å²) in [4.78, 5) is 25.7. The van der Waals surface area contributed by atoms with Crippen molar-refractivity contribution in [3.63, 3.8) is 0 Å². The van der Waals surface area contributed by atoms with Crippen molar-refractivity contribution < 1.29 is 27.5 Å². The van der Waals surface area contributed by atoms with Gasteiger partial charge in [-0.15, -0.1) is 0 Å². The minimum Gasteiger partial charge on any atom is -0.467 e. The van der Waals surface area contributed by atoms with Crippen LogP contribution < -0.4 is 0 Å². The van der Waals surface area contributed by atoms with E-state index in [1.807, 2.05) is 0 Å². The molecule has 2 aromatic rings. The van der Waals surface area contributed by atoms with Gasteiger partial charge in [0.1, 0.15) is 6.04 Å². The fourth-order valence-corrected chi connectivity index (χ4v) is 2.56. The van der Waals surface area contributed by atoms with Crippen LogP contribution in [0.25, 0.3) is 0 Å². The van der Waals surface area contributed by atoms with Gasteiger partial charge >= 0.3 is 12.1 Å². The topological polar surface area (TPSA) is 46.6 Å². The molecule has 0 spiro atoms. The molecule has 4 nitrogen and oxygen atoms in total. The summed E-state index contributed by atoms with van der Waals surface area (Å²) in [5.41, 5.74) is 0.285. The van der Waals surface area contributed by atoms with Gasteiger partial charge < -0.3 is 9.64 Å². The number of rotatable bonds is 5. The molecule has 0 bridgehead atoms. The molecule has 0 heterocycles. The average Bonchev–Trinajstić information content (AvgIpc) is 2.65. The SMILES string of the molecule is COC(=O)[C@@H](c1ccccc1)N(C(=O)c1ccccc1)[C@H](C)C(F)(F)F. The third-order valence-corrected chi connectivity index (χ3v) is 3.96. The van der Waals surface area contributed by atoms with Gasteiger partial charge in [0.05, 0.1) is 7.11 Å². The number of halogens is 3. The third kappa shape index (κ3) is 4.22. The van der Waals surface area contributed by atoms with Gasteiger partial charge in [0.2, 0.25) is 0 Å². The van der Waals surface area contributed by atoms with E-state index in [1.54, 1.807) is 36.4 Å². The molecule has 0 aromatic heterocycles. The number of esters is 1. The summed E-state index contributed by atoms with van der Waals surface area (Å²) in [5, 5.41) is 0. The maximum atomic E-state index is 13.5. The molecule has 0 saturated carbocycles. The summed E-state index contributed by atoms with van der Waals surface area (Å²) >= 11 is 0. The fourth-order valence-electron chi connectivity index (χ4n) is 2.56. The van der Waals surface area contributed by atoms with E-state index in [4.69, 9.17) is 4.74 Å². The molecule has 26 heavy (non-hydrogen) atoms. The van der Waals surface area contributed by atoms with Crippen LogP contribution in [0.3, 0.4) is 0 Å². The van der Waals surface area contributed by atoms with E-state index in [0.717, 1.165) is 14.0 Å². The van der Waals surface area contributed by atoms with Crippen LogP contribution in [0, 0.1) is 0 Å². The molecule has 2 rings (SSSR count).